The van der Waals surface area contributed by atoms with Gasteiger partial charge in [-0.2, -0.15) is 0 Å². The zero-order valence-corrected chi connectivity index (χ0v) is 15.6. The number of hydrogen-bond donors (Lipinski definition) is 1. The summed E-state index contributed by atoms with van der Waals surface area (Å²) in [7, 11) is 6.38. The first kappa shape index (κ1) is 19.4. The predicted octanol–water partition coefficient (Wildman–Crippen LogP) is 2.62. The lowest BCUT2D eigenvalue weighted by atomic mass is 10.1. The van der Waals surface area contributed by atoms with Crippen molar-refractivity contribution in [3.8, 4) is 23.0 Å². The van der Waals surface area contributed by atoms with E-state index in [4.69, 9.17) is 18.9 Å². The first-order valence-electron chi connectivity index (χ1n) is 8.29. The van der Waals surface area contributed by atoms with E-state index in [-0.39, 0.29) is 12.3 Å². The summed E-state index contributed by atoms with van der Waals surface area (Å²) in [4.78, 5) is 12.2. The van der Waals surface area contributed by atoms with Crippen LogP contribution in [0, 0.1) is 0 Å². The van der Waals surface area contributed by atoms with Crippen LogP contribution in [0.15, 0.2) is 36.4 Å². The Morgan fingerprint density at radius 2 is 1.46 bits per heavy atom. The van der Waals surface area contributed by atoms with Crippen molar-refractivity contribution in [1.29, 1.82) is 0 Å². The maximum absolute atomic E-state index is 12.2. The third-order valence-electron chi connectivity index (χ3n) is 3.96. The normalized spacial score (nSPS) is 10.2. The molecule has 2 aromatic rings. The van der Waals surface area contributed by atoms with Crippen molar-refractivity contribution in [1.82, 2.24) is 5.32 Å². The highest BCUT2D eigenvalue weighted by Crippen LogP contribution is 2.27. The third-order valence-corrected chi connectivity index (χ3v) is 3.96. The zero-order chi connectivity index (χ0) is 18.9. The molecule has 0 fully saturated rings. The topological polar surface area (TPSA) is 66.0 Å². The maximum Gasteiger partial charge on any atom is 0.224 e. The lowest BCUT2D eigenvalue weighted by Crippen LogP contribution is -2.27. The van der Waals surface area contributed by atoms with Gasteiger partial charge in [-0.3, -0.25) is 4.79 Å². The SMILES string of the molecule is COc1cc(CC(=O)NCCc2ccc(OC)c(OC)c2)cc(OC)c1. The quantitative estimate of drug-likeness (QED) is 0.746. The van der Waals surface area contributed by atoms with Gasteiger partial charge in [-0.05, 0) is 41.8 Å². The number of carbonyl (C=O) groups is 1. The van der Waals surface area contributed by atoms with Crippen molar-refractivity contribution in [2.75, 3.05) is 35.0 Å². The van der Waals surface area contributed by atoms with E-state index in [1.165, 1.54) is 0 Å². The maximum atomic E-state index is 12.2. The van der Waals surface area contributed by atoms with Gasteiger partial charge >= 0.3 is 0 Å². The number of amides is 1. The molecule has 0 saturated heterocycles. The van der Waals surface area contributed by atoms with Crippen molar-refractivity contribution in [3.63, 3.8) is 0 Å². The standard InChI is InChI=1S/C20H25NO5/c1-23-16-9-15(10-17(13-16)24-2)12-20(22)21-8-7-14-5-6-18(25-3)19(11-14)26-4/h5-6,9-11,13H,7-8,12H2,1-4H3,(H,21,22). The monoisotopic (exact) mass is 359 g/mol. The molecule has 26 heavy (non-hydrogen) atoms. The van der Waals surface area contributed by atoms with Gasteiger partial charge in [-0.25, -0.2) is 0 Å². The molecule has 0 bridgehead atoms. The van der Waals surface area contributed by atoms with Gasteiger partial charge in [0.15, 0.2) is 11.5 Å². The molecule has 2 aromatic carbocycles. The van der Waals surface area contributed by atoms with Crippen molar-refractivity contribution < 1.29 is 23.7 Å². The molecule has 0 aliphatic carbocycles. The second-order valence-electron chi connectivity index (χ2n) is 5.69. The largest absolute Gasteiger partial charge is 0.497 e. The molecule has 140 valence electrons. The highest BCUT2D eigenvalue weighted by molar-refractivity contribution is 5.78. The molecule has 0 spiro atoms. The Hall–Kier alpha value is -2.89. The average Bonchev–Trinajstić information content (AvgIpc) is 2.67. The van der Waals surface area contributed by atoms with Crippen LogP contribution in [0.25, 0.3) is 0 Å². The first-order chi connectivity index (χ1) is 12.6. The molecule has 2 rings (SSSR count). The van der Waals surface area contributed by atoms with E-state index in [2.05, 4.69) is 5.32 Å². The fraction of sp³-hybridized carbons (Fsp3) is 0.350. The van der Waals surface area contributed by atoms with Crippen molar-refractivity contribution in [2.24, 2.45) is 0 Å². The molecule has 0 aromatic heterocycles. The van der Waals surface area contributed by atoms with Crippen molar-refractivity contribution in [3.05, 3.63) is 47.5 Å². The van der Waals surface area contributed by atoms with Crippen LogP contribution in [-0.2, 0) is 17.6 Å². The summed E-state index contributed by atoms with van der Waals surface area (Å²) < 4.78 is 21.0. The van der Waals surface area contributed by atoms with Crippen LogP contribution < -0.4 is 24.3 Å². The van der Waals surface area contributed by atoms with Gasteiger partial charge in [0, 0.05) is 12.6 Å². The Bertz CT molecular complexity index is 723. The molecule has 0 unspecified atom stereocenters. The summed E-state index contributed by atoms with van der Waals surface area (Å²) in [6, 6.07) is 11.2. The van der Waals surface area contributed by atoms with E-state index in [0.717, 1.165) is 11.1 Å². The van der Waals surface area contributed by atoms with Crippen LogP contribution in [0.4, 0.5) is 0 Å². The molecule has 0 atom stereocenters. The van der Waals surface area contributed by atoms with E-state index >= 15 is 0 Å². The number of benzene rings is 2. The van der Waals surface area contributed by atoms with E-state index in [1.807, 2.05) is 30.3 Å². The van der Waals surface area contributed by atoms with Crippen LogP contribution in [0.2, 0.25) is 0 Å². The van der Waals surface area contributed by atoms with Gasteiger partial charge in [-0.15, -0.1) is 0 Å². The van der Waals surface area contributed by atoms with E-state index < -0.39 is 0 Å². The average molecular weight is 359 g/mol. The fourth-order valence-corrected chi connectivity index (χ4v) is 2.60. The lowest BCUT2D eigenvalue weighted by molar-refractivity contribution is -0.120. The number of ether oxygens (including phenoxy) is 4. The number of nitrogens with one attached hydrogen (secondary N) is 1. The molecule has 0 aliphatic heterocycles. The van der Waals surface area contributed by atoms with Crippen LogP contribution in [0.5, 0.6) is 23.0 Å². The minimum absolute atomic E-state index is 0.0548. The summed E-state index contributed by atoms with van der Waals surface area (Å²) in [6.07, 6.45) is 0.965. The highest BCUT2D eigenvalue weighted by atomic mass is 16.5. The van der Waals surface area contributed by atoms with Gasteiger partial charge < -0.3 is 24.3 Å². The van der Waals surface area contributed by atoms with Crippen LogP contribution in [0.3, 0.4) is 0 Å². The molecule has 0 aliphatic rings. The molecule has 6 heteroatoms. The molecular formula is C20H25NO5. The summed E-state index contributed by atoms with van der Waals surface area (Å²) in [5, 5.41) is 2.93. The summed E-state index contributed by atoms with van der Waals surface area (Å²) in [6.45, 7) is 0.537. The number of rotatable bonds is 9. The molecule has 0 radical (unpaired) electrons. The second-order valence-corrected chi connectivity index (χ2v) is 5.69. The summed E-state index contributed by atoms with van der Waals surface area (Å²) >= 11 is 0. The molecular weight excluding hydrogens is 334 g/mol. The Morgan fingerprint density at radius 3 is 2.04 bits per heavy atom. The summed E-state index contributed by atoms with van der Waals surface area (Å²) in [5.74, 6) is 2.64. The Labute approximate surface area is 154 Å². The smallest absolute Gasteiger partial charge is 0.224 e. The molecule has 0 saturated carbocycles. The second kappa shape index (κ2) is 9.56. The Balaban J connectivity index is 1.89. The van der Waals surface area contributed by atoms with E-state index in [0.29, 0.717) is 36.0 Å². The van der Waals surface area contributed by atoms with E-state index in [1.54, 1.807) is 34.5 Å². The van der Waals surface area contributed by atoms with Crippen LogP contribution in [-0.4, -0.2) is 40.9 Å². The molecule has 1 amide bonds. The molecule has 1 N–H and O–H groups in total. The van der Waals surface area contributed by atoms with Gasteiger partial charge in [0.1, 0.15) is 11.5 Å². The highest BCUT2D eigenvalue weighted by Gasteiger charge is 2.08. The van der Waals surface area contributed by atoms with E-state index in [9.17, 15) is 4.79 Å². The minimum atomic E-state index is -0.0548. The minimum Gasteiger partial charge on any atom is -0.497 e. The summed E-state index contributed by atoms with van der Waals surface area (Å²) in [5.41, 5.74) is 1.90. The van der Waals surface area contributed by atoms with Gasteiger partial charge in [0.2, 0.25) is 5.91 Å². The molecule has 6 nitrogen and oxygen atoms in total. The van der Waals surface area contributed by atoms with Gasteiger partial charge in [-0.1, -0.05) is 6.07 Å². The lowest BCUT2D eigenvalue weighted by Gasteiger charge is -2.11. The fourth-order valence-electron chi connectivity index (χ4n) is 2.60. The Morgan fingerprint density at radius 1 is 0.808 bits per heavy atom. The van der Waals surface area contributed by atoms with Crippen LogP contribution in [0.1, 0.15) is 11.1 Å². The van der Waals surface area contributed by atoms with Crippen molar-refractivity contribution in [2.45, 2.75) is 12.8 Å². The molecule has 0 heterocycles. The van der Waals surface area contributed by atoms with Crippen LogP contribution >= 0.6 is 0 Å². The third kappa shape index (κ3) is 5.31. The number of carbonyl (C=O) groups excluding carboxylic acids is 1. The Kier molecular flexibility index (Phi) is 7.14. The zero-order valence-electron chi connectivity index (χ0n) is 15.6. The van der Waals surface area contributed by atoms with Gasteiger partial charge in [0.05, 0.1) is 34.9 Å². The predicted molar refractivity (Wildman–Crippen MR) is 99.5 cm³/mol. The first-order valence-corrected chi connectivity index (χ1v) is 8.29. The van der Waals surface area contributed by atoms with Gasteiger partial charge in [0.25, 0.3) is 0 Å². The number of methoxy groups -OCH3 is 4. The van der Waals surface area contributed by atoms with Crippen molar-refractivity contribution >= 4 is 5.91 Å². The number of hydrogen-bond acceptors (Lipinski definition) is 5.